The fourth-order valence-electron chi connectivity index (χ4n) is 5.73. The first-order chi connectivity index (χ1) is 15.7. The number of anilines is 1. The minimum atomic E-state index is -0.278. The van der Waals surface area contributed by atoms with E-state index in [1.54, 1.807) is 0 Å². The second kappa shape index (κ2) is 7.52. The fraction of sp³-hybridized carbons (Fsp3) is 0.259. The van der Waals surface area contributed by atoms with Gasteiger partial charge in [-0.15, -0.1) is 0 Å². The van der Waals surface area contributed by atoms with Gasteiger partial charge in [0, 0.05) is 17.2 Å². The van der Waals surface area contributed by atoms with E-state index in [1.807, 2.05) is 66.7 Å². The third-order valence-electron chi connectivity index (χ3n) is 7.11. The SMILES string of the molecule is O=C(Nc1ccc(Oc2ccccc2-c2ccccc2)cc1)[C@@H]1[C@@H]2C[C@@H]3[C@H]1C(=O)O[C@@H]3C2. The van der Waals surface area contributed by atoms with Crippen LogP contribution in [0.5, 0.6) is 11.5 Å². The maximum atomic E-state index is 13.0. The molecule has 0 radical (unpaired) electrons. The minimum Gasteiger partial charge on any atom is -0.462 e. The zero-order valence-corrected chi connectivity index (χ0v) is 17.4. The van der Waals surface area contributed by atoms with E-state index in [1.165, 1.54) is 0 Å². The number of fused-ring (bicyclic) bond motifs is 1. The summed E-state index contributed by atoms with van der Waals surface area (Å²) in [5.41, 5.74) is 2.80. The predicted molar refractivity (Wildman–Crippen MR) is 120 cm³/mol. The molecule has 2 aliphatic carbocycles. The van der Waals surface area contributed by atoms with Gasteiger partial charge < -0.3 is 14.8 Å². The number of hydrogen-bond donors (Lipinski definition) is 1. The molecule has 0 aromatic heterocycles. The molecule has 0 unspecified atom stereocenters. The lowest BCUT2D eigenvalue weighted by Gasteiger charge is -2.23. The van der Waals surface area contributed by atoms with Crippen LogP contribution in [-0.4, -0.2) is 18.0 Å². The number of esters is 1. The van der Waals surface area contributed by atoms with Crippen LogP contribution in [0.1, 0.15) is 12.8 Å². The number of rotatable bonds is 5. The number of amides is 1. The van der Waals surface area contributed by atoms with Crippen LogP contribution in [0.15, 0.2) is 78.9 Å². The Labute approximate surface area is 186 Å². The summed E-state index contributed by atoms with van der Waals surface area (Å²) in [5.74, 6) is 1.11. The van der Waals surface area contributed by atoms with Crippen LogP contribution in [-0.2, 0) is 14.3 Å². The van der Waals surface area contributed by atoms with Crippen LogP contribution in [0.4, 0.5) is 5.69 Å². The molecule has 2 bridgehead atoms. The highest BCUT2D eigenvalue weighted by Crippen LogP contribution is 2.57. The number of carbonyl (C=O) groups is 2. The van der Waals surface area contributed by atoms with E-state index in [0.717, 1.165) is 29.7 Å². The molecule has 5 heteroatoms. The van der Waals surface area contributed by atoms with Gasteiger partial charge in [0.1, 0.15) is 17.6 Å². The molecule has 3 aromatic rings. The Kier molecular flexibility index (Phi) is 4.49. The molecular weight excluding hydrogens is 402 g/mol. The van der Waals surface area contributed by atoms with E-state index in [2.05, 4.69) is 17.4 Å². The van der Waals surface area contributed by atoms with Crippen molar-refractivity contribution in [1.82, 2.24) is 0 Å². The van der Waals surface area contributed by atoms with Crippen molar-refractivity contribution in [2.75, 3.05) is 5.32 Å². The number of nitrogens with one attached hydrogen (secondary N) is 1. The summed E-state index contributed by atoms with van der Waals surface area (Å²) >= 11 is 0. The van der Waals surface area contributed by atoms with E-state index in [0.29, 0.717) is 11.4 Å². The van der Waals surface area contributed by atoms with Gasteiger partial charge in [0.15, 0.2) is 0 Å². The van der Waals surface area contributed by atoms with E-state index < -0.39 is 0 Å². The summed E-state index contributed by atoms with van der Waals surface area (Å²) in [7, 11) is 0. The average Bonchev–Trinajstić information content (AvgIpc) is 3.44. The van der Waals surface area contributed by atoms with Gasteiger partial charge in [0.25, 0.3) is 0 Å². The molecule has 160 valence electrons. The van der Waals surface area contributed by atoms with Crippen LogP contribution < -0.4 is 10.1 Å². The summed E-state index contributed by atoms with van der Waals surface area (Å²) in [6.45, 7) is 0. The maximum absolute atomic E-state index is 13.0. The largest absolute Gasteiger partial charge is 0.462 e. The van der Waals surface area contributed by atoms with Crippen molar-refractivity contribution in [1.29, 1.82) is 0 Å². The van der Waals surface area contributed by atoms with Crippen LogP contribution in [0.3, 0.4) is 0 Å². The van der Waals surface area contributed by atoms with Crippen molar-refractivity contribution < 1.29 is 19.1 Å². The number of ether oxygens (including phenoxy) is 2. The van der Waals surface area contributed by atoms with Gasteiger partial charge in [0.05, 0.1) is 11.8 Å². The Bertz CT molecular complexity index is 1170. The molecule has 1 aliphatic heterocycles. The van der Waals surface area contributed by atoms with Gasteiger partial charge in [-0.05, 0) is 54.7 Å². The zero-order chi connectivity index (χ0) is 21.7. The first kappa shape index (κ1) is 19.1. The van der Waals surface area contributed by atoms with Gasteiger partial charge in [-0.25, -0.2) is 0 Å². The van der Waals surface area contributed by atoms with Gasteiger partial charge in [-0.1, -0.05) is 48.5 Å². The molecule has 6 rings (SSSR count). The maximum Gasteiger partial charge on any atom is 0.310 e. The first-order valence-electron chi connectivity index (χ1n) is 11.1. The molecular formula is C27H23NO4. The Morgan fingerprint density at radius 3 is 2.47 bits per heavy atom. The van der Waals surface area contributed by atoms with Gasteiger partial charge in [-0.2, -0.15) is 0 Å². The van der Waals surface area contributed by atoms with Crippen LogP contribution in [0, 0.1) is 23.7 Å². The second-order valence-corrected chi connectivity index (χ2v) is 8.90. The fourth-order valence-corrected chi connectivity index (χ4v) is 5.73. The van der Waals surface area contributed by atoms with E-state index in [9.17, 15) is 9.59 Å². The molecule has 5 nitrogen and oxygen atoms in total. The second-order valence-electron chi connectivity index (χ2n) is 8.90. The lowest BCUT2D eigenvalue weighted by atomic mass is 9.79. The zero-order valence-electron chi connectivity index (χ0n) is 17.4. The summed E-state index contributed by atoms with van der Waals surface area (Å²) in [5, 5.41) is 3.00. The molecule has 1 saturated heterocycles. The predicted octanol–water partition coefficient (Wildman–Crippen LogP) is 5.28. The van der Waals surface area contributed by atoms with Crippen molar-refractivity contribution in [3.05, 3.63) is 78.9 Å². The topological polar surface area (TPSA) is 64.6 Å². The molecule has 1 heterocycles. The molecule has 32 heavy (non-hydrogen) atoms. The highest BCUT2D eigenvalue weighted by atomic mass is 16.6. The normalized spacial score (nSPS) is 27.2. The van der Waals surface area contributed by atoms with Crippen LogP contribution in [0.2, 0.25) is 0 Å². The van der Waals surface area contributed by atoms with E-state index >= 15 is 0 Å². The molecule has 5 atom stereocenters. The first-order valence-corrected chi connectivity index (χ1v) is 11.1. The monoisotopic (exact) mass is 425 g/mol. The third-order valence-corrected chi connectivity index (χ3v) is 7.11. The van der Waals surface area contributed by atoms with Crippen molar-refractivity contribution in [3.63, 3.8) is 0 Å². The molecule has 1 amide bonds. The molecule has 1 N–H and O–H groups in total. The van der Waals surface area contributed by atoms with Crippen LogP contribution in [0.25, 0.3) is 11.1 Å². The highest BCUT2D eigenvalue weighted by Gasteiger charge is 2.63. The van der Waals surface area contributed by atoms with Gasteiger partial charge >= 0.3 is 5.97 Å². The van der Waals surface area contributed by atoms with Crippen molar-refractivity contribution in [3.8, 4) is 22.6 Å². The van der Waals surface area contributed by atoms with E-state index in [4.69, 9.17) is 9.47 Å². The minimum absolute atomic E-state index is 0.0387. The molecule has 0 spiro atoms. The Hall–Kier alpha value is -3.60. The number of hydrogen-bond acceptors (Lipinski definition) is 4. The molecule has 3 aliphatic rings. The number of benzene rings is 3. The molecule has 2 saturated carbocycles. The van der Waals surface area contributed by atoms with Crippen LogP contribution >= 0.6 is 0 Å². The lowest BCUT2D eigenvalue weighted by Crippen LogP contribution is -2.35. The Balaban J connectivity index is 1.16. The number of para-hydroxylation sites is 1. The smallest absolute Gasteiger partial charge is 0.310 e. The average molecular weight is 425 g/mol. The Morgan fingerprint density at radius 1 is 0.906 bits per heavy atom. The highest BCUT2D eigenvalue weighted by molar-refractivity contribution is 5.97. The summed E-state index contributed by atoms with van der Waals surface area (Å²) in [6, 6.07) is 25.4. The van der Waals surface area contributed by atoms with Gasteiger partial charge in [-0.3, -0.25) is 9.59 Å². The van der Waals surface area contributed by atoms with Crippen molar-refractivity contribution in [2.45, 2.75) is 18.9 Å². The third kappa shape index (κ3) is 3.16. The summed E-state index contributed by atoms with van der Waals surface area (Å²) in [6.07, 6.45) is 1.78. The van der Waals surface area contributed by atoms with Crippen molar-refractivity contribution in [2.24, 2.45) is 23.7 Å². The number of carbonyl (C=O) groups excluding carboxylic acids is 2. The van der Waals surface area contributed by atoms with Crippen molar-refractivity contribution >= 4 is 17.6 Å². The summed E-state index contributed by atoms with van der Waals surface area (Å²) in [4.78, 5) is 25.2. The van der Waals surface area contributed by atoms with E-state index in [-0.39, 0.29) is 41.7 Å². The van der Waals surface area contributed by atoms with Gasteiger partial charge in [0.2, 0.25) is 5.91 Å². The molecule has 3 aromatic carbocycles. The Morgan fingerprint density at radius 2 is 1.66 bits per heavy atom. The quantitative estimate of drug-likeness (QED) is 0.565. The standard InChI is InChI=1S/C27H23NO4/c29-26(24-17-14-21-23(15-17)32-27(30)25(21)24)28-18-10-12-19(13-11-18)31-22-9-5-4-8-20(22)16-6-2-1-3-7-16/h1-13,17,21,23-25H,14-15H2,(H,28,29)/t17-,21+,23-,24-,25-/m1/s1. The lowest BCUT2D eigenvalue weighted by molar-refractivity contribution is -0.145. The molecule has 3 fully saturated rings. The summed E-state index contributed by atoms with van der Waals surface area (Å²) < 4.78 is 11.6.